The van der Waals surface area contributed by atoms with E-state index in [1.807, 2.05) is 44.0 Å². The molecule has 5 heteroatoms. The molecule has 0 aromatic carbocycles. The fourth-order valence-electron chi connectivity index (χ4n) is 2.74. The molecule has 0 aliphatic carbocycles. The van der Waals surface area contributed by atoms with Gasteiger partial charge in [-0.25, -0.2) is 4.79 Å². The molecule has 0 radical (unpaired) electrons. The molecule has 122 valence electrons. The van der Waals surface area contributed by atoms with Gasteiger partial charge in [-0.05, 0) is 46.8 Å². The van der Waals surface area contributed by atoms with Crippen molar-refractivity contribution in [1.29, 1.82) is 0 Å². The minimum absolute atomic E-state index is 0.134. The number of carbonyl (C=O) groups is 1. The Hall–Kier alpha value is -1.62. The summed E-state index contributed by atoms with van der Waals surface area (Å²) >= 11 is 0. The Morgan fingerprint density at radius 1 is 1.36 bits per heavy atom. The third-order valence-electron chi connectivity index (χ3n) is 3.95. The molecule has 0 unspecified atom stereocenters. The van der Waals surface area contributed by atoms with E-state index in [9.17, 15) is 4.79 Å². The monoisotopic (exact) mass is 305 g/mol. The second-order valence-electron chi connectivity index (χ2n) is 6.95. The van der Waals surface area contributed by atoms with Crippen LogP contribution in [0.5, 0.6) is 0 Å². The largest absolute Gasteiger partial charge is 0.444 e. The van der Waals surface area contributed by atoms with Crippen LogP contribution in [0.15, 0.2) is 24.4 Å². The van der Waals surface area contributed by atoms with E-state index >= 15 is 0 Å². The Morgan fingerprint density at radius 2 is 2.09 bits per heavy atom. The summed E-state index contributed by atoms with van der Waals surface area (Å²) in [6.07, 6.45) is 1.61. The first-order valence-corrected chi connectivity index (χ1v) is 7.92. The first-order valence-electron chi connectivity index (χ1n) is 7.92. The fourth-order valence-corrected chi connectivity index (χ4v) is 2.74. The number of nitrogens with zero attached hydrogens (tertiary/aromatic N) is 3. The maximum absolute atomic E-state index is 12.2. The highest BCUT2D eigenvalue weighted by molar-refractivity contribution is 5.68. The predicted molar refractivity (Wildman–Crippen MR) is 86.6 cm³/mol. The van der Waals surface area contributed by atoms with E-state index in [1.165, 1.54) is 0 Å². The molecule has 1 fully saturated rings. The number of ether oxygens (including phenoxy) is 1. The van der Waals surface area contributed by atoms with Crippen molar-refractivity contribution < 1.29 is 9.53 Å². The molecule has 1 amide bonds. The minimum atomic E-state index is -0.449. The minimum Gasteiger partial charge on any atom is -0.444 e. The molecule has 1 aliphatic heterocycles. The van der Waals surface area contributed by atoms with E-state index in [1.54, 1.807) is 0 Å². The zero-order valence-electron chi connectivity index (χ0n) is 14.2. The quantitative estimate of drug-likeness (QED) is 0.842. The van der Waals surface area contributed by atoms with Gasteiger partial charge < -0.3 is 9.64 Å². The van der Waals surface area contributed by atoms with Crippen molar-refractivity contribution in [2.45, 2.75) is 52.3 Å². The summed E-state index contributed by atoms with van der Waals surface area (Å²) in [6.45, 7) is 12.3. The molecule has 5 nitrogen and oxygen atoms in total. The van der Waals surface area contributed by atoms with Gasteiger partial charge in [0.05, 0.1) is 5.69 Å². The lowest BCUT2D eigenvalue weighted by molar-refractivity contribution is -0.00371. The van der Waals surface area contributed by atoms with Gasteiger partial charge in [0.1, 0.15) is 5.60 Å². The molecule has 1 aromatic heterocycles. The molecule has 0 saturated carbocycles. The number of rotatable bonds is 2. The first-order chi connectivity index (χ1) is 10.3. The SMILES string of the molecule is C[C@@H](c1ccccn1)N1CCN(C(=O)OC(C)(C)C)[C@@H](C)C1. The lowest BCUT2D eigenvalue weighted by atomic mass is 10.1. The van der Waals surface area contributed by atoms with Crippen molar-refractivity contribution in [3.8, 4) is 0 Å². The van der Waals surface area contributed by atoms with E-state index in [2.05, 4.69) is 29.8 Å². The van der Waals surface area contributed by atoms with E-state index in [0.717, 1.165) is 18.8 Å². The highest BCUT2D eigenvalue weighted by Gasteiger charge is 2.32. The van der Waals surface area contributed by atoms with Crippen LogP contribution < -0.4 is 0 Å². The topological polar surface area (TPSA) is 45.7 Å². The molecule has 22 heavy (non-hydrogen) atoms. The zero-order valence-corrected chi connectivity index (χ0v) is 14.2. The molecular weight excluding hydrogens is 278 g/mol. The van der Waals surface area contributed by atoms with Gasteiger partial charge in [-0.1, -0.05) is 6.07 Å². The number of carbonyl (C=O) groups excluding carboxylic acids is 1. The summed E-state index contributed by atoms with van der Waals surface area (Å²) < 4.78 is 5.48. The lowest BCUT2D eigenvalue weighted by Gasteiger charge is -2.42. The Bertz CT molecular complexity index is 498. The van der Waals surface area contributed by atoms with E-state index in [-0.39, 0.29) is 18.2 Å². The maximum atomic E-state index is 12.2. The number of hydrogen-bond donors (Lipinski definition) is 0. The summed E-state index contributed by atoms with van der Waals surface area (Å²) in [7, 11) is 0. The number of hydrogen-bond acceptors (Lipinski definition) is 4. The van der Waals surface area contributed by atoms with Crippen LogP contribution in [0.1, 0.15) is 46.4 Å². The molecule has 1 aromatic rings. The fraction of sp³-hybridized carbons (Fsp3) is 0.647. The van der Waals surface area contributed by atoms with Crippen molar-refractivity contribution in [2.24, 2.45) is 0 Å². The molecule has 2 rings (SSSR count). The first kappa shape index (κ1) is 16.7. The second kappa shape index (κ2) is 6.65. The highest BCUT2D eigenvalue weighted by atomic mass is 16.6. The van der Waals surface area contributed by atoms with E-state index in [0.29, 0.717) is 6.54 Å². The molecule has 2 heterocycles. The second-order valence-corrected chi connectivity index (χ2v) is 6.95. The smallest absolute Gasteiger partial charge is 0.410 e. The Balaban J connectivity index is 1.96. The third kappa shape index (κ3) is 4.19. The van der Waals surface area contributed by atoms with Gasteiger partial charge >= 0.3 is 6.09 Å². The summed E-state index contributed by atoms with van der Waals surface area (Å²) in [5, 5.41) is 0. The predicted octanol–water partition coefficient (Wildman–Crippen LogP) is 3.08. The van der Waals surface area contributed by atoms with Crippen LogP contribution in [0, 0.1) is 0 Å². The summed E-state index contributed by atoms with van der Waals surface area (Å²) in [5.41, 5.74) is 0.621. The van der Waals surface area contributed by atoms with Gasteiger partial charge in [-0.3, -0.25) is 9.88 Å². The van der Waals surface area contributed by atoms with Crippen LogP contribution in [0.25, 0.3) is 0 Å². The van der Waals surface area contributed by atoms with Crippen LogP contribution in [0.2, 0.25) is 0 Å². The van der Waals surface area contributed by atoms with Gasteiger partial charge in [-0.2, -0.15) is 0 Å². The Morgan fingerprint density at radius 3 is 2.64 bits per heavy atom. The molecule has 2 atom stereocenters. The van der Waals surface area contributed by atoms with E-state index < -0.39 is 5.60 Å². The van der Waals surface area contributed by atoms with Crippen LogP contribution in [-0.4, -0.2) is 52.2 Å². The Labute approximate surface area is 133 Å². The molecule has 0 N–H and O–H groups in total. The standard InChI is InChI=1S/C17H27N3O2/c1-13-12-19(14(2)15-8-6-7-9-18-15)10-11-20(13)16(21)22-17(3,4)5/h6-9,13-14H,10-12H2,1-5H3/t13-,14-/m0/s1. The molecule has 0 spiro atoms. The van der Waals surface area contributed by atoms with Crippen molar-refractivity contribution in [3.63, 3.8) is 0 Å². The summed E-state index contributed by atoms with van der Waals surface area (Å²) in [4.78, 5) is 20.9. The molecule has 1 aliphatic rings. The van der Waals surface area contributed by atoms with Crippen LogP contribution in [0.4, 0.5) is 4.79 Å². The normalized spacial score (nSPS) is 21.5. The number of aromatic nitrogens is 1. The third-order valence-corrected chi connectivity index (χ3v) is 3.95. The van der Waals surface area contributed by atoms with Crippen LogP contribution in [0.3, 0.4) is 0 Å². The van der Waals surface area contributed by atoms with Crippen molar-refractivity contribution in [3.05, 3.63) is 30.1 Å². The average molecular weight is 305 g/mol. The van der Waals surface area contributed by atoms with Gasteiger partial charge in [0.2, 0.25) is 0 Å². The lowest BCUT2D eigenvalue weighted by Crippen LogP contribution is -2.55. The van der Waals surface area contributed by atoms with Crippen LogP contribution >= 0.6 is 0 Å². The van der Waals surface area contributed by atoms with Gasteiger partial charge in [0.15, 0.2) is 0 Å². The number of amides is 1. The van der Waals surface area contributed by atoms with Crippen LogP contribution in [-0.2, 0) is 4.74 Å². The Kier molecular flexibility index (Phi) is 5.06. The summed E-state index contributed by atoms with van der Waals surface area (Å²) in [5.74, 6) is 0. The van der Waals surface area contributed by atoms with Gasteiger partial charge in [0, 0.05) is 37.9 Å². The van der Waals surface area contributed by atoms with Crippen molar-refractivity contribution in [2.75, 3.05) is 19.6 Å². The molecular formula is C17H27N3O2. The zero-order chi connectivity index (χ0) is 16.3. The van der Waals surface area contributed by atoms with Gasteiger partial charge in [0.25, 0.3) is 0 Å². The average Bonchev–Trinajstić information content (AvgIpc) is 2.45. The maximum Gasteiger partial charge on any atom is 0.410 e. The molecule has 1 saturated heterocycles. The van der Waals surface area contributed by atoms with E-state index in [4.69, 9.17) is 4.74 Å². The highest BCUT2D eigenvalue weighted by Crippen LogP contribution is 2.23. The van der Waals surface area contributed by atoms with Crippen molar-refractivity contribution >= 4 is 6.09 Å². The number of pyridine rings is 1. The summed E-state index contributed by atoms with van der Waals surface area (Å²) in [6, 6.07) is 6.38. The number of piperazine rings is 1. The van der Waals surface area contributed by atoms with Crippen molar-refractivity contribution in [1.82, 2.24) is 14.8 Å². The molecule has 0 bridgehead atoms. The van der Waals surface area contributed by atoms with Gasteiger partial charge in [-0.15, -0.1) is 0 Å².